The molecule has 0 heterocycles. The van der Waals surface area contributed by atoms with Gasteiger partial charge < -0.3 is 14.9 Å². The molecular weight excluding hydrogens is 450 g/mol. The summed E-state index contributed by atoms with van der Waals surface area (Å²) < 4.78 is 35.0. The first kappa shape index (κ1) is 26.1. The predicted molar refractivity (Wildman–Crippen MR) is 133 cm³/mol. The topological polar surface area (TPSA) is 66.8 Å². The number of carboxylic acids is 1. The summed E-state index contributed by atoms with van der Waals surface area (Å²) in [4.78, 5) is 10.7. The number of carbonyl (C=O) groups is 1. The monoisotopic (exact) mass is 480 g/mol. The Morgan fingerprint density at radius 2 is 1.60 bits per heavy atom. The van der Waals surface area contributed by atoms with Crippen LogP contribution in [0.5, 0.6) is 5.75 Å². The van der Waals surface area contributed by atoms with Crippen molar-refractivity contribution < 1.29 is 28.5 Å². The fraction of sp³-hybridized carbons (Fsp3) is 0.276. The Balaban J connectivity index is 1.67. The summed E-state index contributed by atoms with van der Waals surface area (Å²) in [5.74, 6) is -3.23. The highest BCUT2D eigenvalue weighted by atomic mass is 19.2. The van der Waals surface area contributed by atoms with Gasteiger partial charge in [0.05, 0.1) is 6.61 Å². The van der Waals surface area contributed by atoms with Crippen LogP contribution in [0.2, 0.25) is 0 Å². The number of aliphatic carboxylic acids is 1. The Morgan fingerprint density at radius 1 is 0.857 bits per heavy atom. The SMILES string of the molecule is C=C(CCCCOc1ccc(-c2cccc(-c3ccc(CCCCO)cc3)c2)c(F)c1F)C(=O)O. The van der Waals surface area contributed by atoms with E-state index in [0.717, 1.165) is 30.4 Å². The van der Waals surface area contributed by atoms with Crippen molar-refractivity contribution in [3.63, 3.8) is 0 Å². The maximum absolute atomic E-state index is 14.9. The Bertz CT molecular complexity index is 1160. The van der Waals surface area contributed by atoms with E-state index in [1.54, 1.807) is 6.07 Å². The molecule has 0 unspecified atom stereocenters. The quantitative estimate of drug-likeness (QED) is 0.208. The van der Waals surface area contributed by atoms with Gasteiger partial charge in [0, 0.05) is 17.7 Å². The molecule has 6 heteroatoms. The van der Waals surface area contributed by atoms with Gasteiger partial charge >= 0.3 is 5.97 Å². The lowest BCUT2D eigenvalue weighted by Gasteiger charge is -2.12. The molecule has 0 atom stereocenters. The van der Waals surface area contributed by atoms with Crippen LogP contribution in [0, 0.1) is 11.6 Å². The van der Waals surface area contributed by atoms with Gasteiger partial charge in [-0.15, -0.1) is 0 Å². The molecule has 0 aliphatic rings. The molecule has 0 saturated carbocycles. The molecule has 0 spiro atoms. The molecule has 3 rings (SSSR count). The molecule has 0 aromatic heterocycles. The Morgan fingerprint density at radius 3 is 2.31 bits per heavy atom. The van der Waals surface area contributed by atoms with E-state index in [1.807, 2.05) is 42.5 Å². The van der Waals surface area contributed by atoms with Crippen LogP contribution in [0.3, 0.4) is 0 Å². The molecule has 2 N–H and O–H groups in total. The molecule has 184 valence electrons. The second-order valence-electron chi connectivity index (χ2n) is 8.41. The lowest BCUT2D eigenvalue weighted by atomic mass is 9.97. The zero-order valence-corrected chi connectivity index (χ0v) is 19.6. The van der Waals surface area contributed by atoms with Crippen molar-refractivity contribution in [3.05, 3.63) is 90.0 Å². The number of aryl methyl sites for hydroxylation is 1. The molecule has 4 nitrogen and oxygen atoms in total. The number of unbranched alkanes of at least 4 members (excludes halogenated alkanes) is 2. The molecule has 0 radical (unpaired) electrons. The second kappa shape index (κ2) is 12.8. The van der Waals surface area contributed by atoms with Crippen LogP contribution in [-0.2, 0) is 11.2 Å². The summed E-state index contributed by atoms with van der Waals surface area (Å²) in [6, 6.07) is 18.3. The summed E-state index contributed by atoms with van der Waals surface area (Å²) in [6.07, 6.45) is 3.95. The average molecular weight is 481 g/mol. The molecule has 0 bridgehead atoms. The summed E-state index contributed by atoms with van der Waals surface area (Å²) >= 11 is 0. The summed E-state index contributed by atoms with van der Waals surface area (Å²) in [5, 5.41) is 17.7. The fourth-order valence-corrected chi connectivity index (χ4v) is 3.77. The van der Waals surface area contributed by atoms with Crippen LogP contribution in [0.1, 0.15) is 37.7 Å². The maximum atomic E-state index is 14.9. The Kier molecular flexibility index (Phi) is 9.56. The largest absolute Gasteiger partial charge is 0.490 e. The number of halogens is 2. The van der Waals surface area contributed by atoms with E-state index in [1.165, 1.54) is 17.7 Å². The van der Waals surface area contributed by atoms with Crippen molar-refractivity contribution in [1.82, 2.24) is 0 Å². The van der Waals surface area contributed by atoms with Crippen molar-refractivity contribution in [2.75, 3.05) is 13.2 Å². The van der Waals surface area contributed by atoms with Crippen LogP contribution in [-0.4, -0.2) is 29.4 Å². The van der Waals surface area contributed by atoms with Crippen molar-refractivity contribution in [2.45, 2.75) is 38.5 Å². The highest BCUT2D eigenvalue weighted by Crippen LogP contribution is 2.32. The first-order valence-corrected chi connectivity index (χ1v) is 11.7. The van der Waals surface area contributed by atoms with E-state index >= 15 is 0 Å². The number of benzene rings is 3. The third-order valence-corrected chi connectivity index (χ3v) is 5.81. The molecule has 35 heavy (non-hydrogen) atoms. The molecule has 0 amide bonds. The minimum absolute atomic E-state index is 0.114. The van der Waals surface area contributed by atoms with Crippen LogP contribution >= 0.6 is 0 Å². The molecule has 0 aliphatic heterocycles. The minimum atomic E-state index is -1.05. The fourth-order valence-electron chi connectivity index (χ4n) is 3.77. The lowest BCUT2D eigenvalue weighted by molar-refractivity contribution is -0.132. The summed E-state index contributed by atoms with van der Waals surface area (Å²) in [7, 11) is 0. The predicted octanol–water partition coefficient (Wildman–Crippen LogP) is 6.80. The smallest absolute Gasteiger partial charge is 0.330 e. The van der Waals surface area contributed by atoms with Crippen LogP contribution in [0.25, 0.3) is 22.3 Å². The number of hydrogen-bond acceptors (Lipinski definition) is 3. The van der Waals surface area contributed by atoms with Gasteiger partial charge in [-0.2, -0.15) is 4.39 Å². The normalized spacial score (nSPS) is 10.8. The van der Waals surface area contributed by atoms with E-state index in [-0.39, 0.29) is 30.1 Å². The highest BCUT2D eigenvalue weighted by Gasteiger charge is 2.16. The number of ether oxygens (including phenoxy) is 1. The molecule has 0 fully saturated rings. The van der Waals surface area contributed by atoms with Gasteiger partial charge in [-0.05, 0) is 79.0 Å². The van der Waals surface area contributed by atoms with Crippen LogP contribution in [0.15, 0.2) is 72.8 Å². The highest BCUT2D eigenvalue weighted by molar-refractivity contribution is 5.85. The molecule has 0 aliphatic carbocycles. The van der Waals surface area contributed by atoms with E-state index in [4.69, 9.17) is 14.9 Å². The Hall–Kier alpha value is -3.51. The number of hydrogen-bond donors (Lipinski definition) is 2. The van der Waals surface area contributed by atoms with Gasteiger partial charge in [-0.1, -0.05) is 49.0 Å². The Labute approximate surface area is 204 Å². The molecular formula is C29H30F2O4. The molecule has 3 aromatic carbocycles. The number of aliphatic hydroxyl groups excluding tert-OH is 1. The summed E-state index contributed by atoms with van der Waals surface area (Å²) in [6.45, 7) is 3.80. The summed E-state index contributed by atoms with van der Waals surface area (Å²) in [5.41, 5.74) is 3.88. The standard InChI is InChI=1S/C29H30F2O4/c1-20(29(33)34)7-3-5-18-35-26-16-15-25(27(30)28(26)31)24-10-6-9-23(19-24)22-13-11-21(12-14-22)8-2-4-17-32/h6,9-16,19,32H,1-5,7-8,17-18H2,(H,33,34). The van der Waals surface area contributed by atoms with E-state index in [9.17, 15) is 13.6 Å². The number of carboxylic acid groups (broad SMARTS) is 1. The van der Waals surface area contributed by atoms with Crippen LogP contribution in [0.4, 0.5) is 8.78 Å². The maximum Gasteiger partial charge on any atom is 0.330 e. The molecule has 0 saturated heterocycles. The van der Waals surface area contributed by atoms with Crippen molar-refractivity contribution in [2.24, 2.45) is 0 Å². The molecule has 3 aromatic rings. The van der Waals surface area contributed by atoms with Crippen molar-refractivity contribution in [1.29, 1.82) is 0 Å². The first-order chi connectivity index (χ1) is 16.9. The van der Waals surface area contributed by atoms with E-state index < -0.39 is 17.6 Å². The zero-order chi connectivity index (χ0) is 25.2. The first-order valence-electron chi connectivity index (χ1n) is 11.7. The van der Waals surface area contributed by atoms with Crippen LogP contribution < -0.4 is 4.74 Å². The average Bonchev–Trinajstić information content (AvgIpc) is 2.87. The number of rotatable bonds is 13. The van der Waals surface area contributed by atoms with Crippen molar-refractivity contribution in [3.8, 4) is 28.0 Å². The third kappa shape index (κ3) is 7.23. The van der Waals surface area contributed by atoms with Gasteiger partial charge in [0.25, 0.3) is 0 Å². The minimum Gasteiger partial charge on any atom is -0.490 e. The second-order valence-corrected chi connectivity index (χ2v) is 8.41. The number of aliphatic hydroxyl groups is 1. The zero-order valence-electron chi connectivity index (χ0n) is 19.6. The van der Waals surface area contributed by atoms with Gasteiger partial charge in [0.15, 0.2) is 11.6 Å². The van der Waals surface area contributed by atoms with Gasteiger partial charge in [0.1, 0.15) is 0 Å². The third-order valence-electron chi connectivity index (χ3n) is 5.81. The van der Waals surface area contributed by atoms with Gasteiger partial charge in [-0.25, -0.2) is 9.18 Å². The van der Waals surface area contributed by atoms with Crippen molar-refractivity contribution >= 4 is 5.97 Å². The van der Waals surface area contributed by atoms with Gasteiger partial charge in [0.2, 0.25) is 5.82 Å². The lowest BCUT2D eigenvalue weighted by Crippen LogP contribution is -2.03. The van der Waals surface area contributed by atoms with Gasteiger partial charge in [-0.3, -0.25) is 0 Å². The van der Waals surface area contributed by atoms with E-state index in [0.29, 0.717) is 24.8 Å². The van der Waals surface area contributed by atoms with E-state index in [2.05, 4.69) is 6.58 Å².